The van der Waals surface area contributed by atoms with Crippen LogP contribution in [0.1, 0.15) is 374 Å². The summed E-state index contributed by atoms with van der Waals surface area (Å²) < 4.78 is 16.9. The van der Waals surface area contributed by atoms with E-state index in [0.29, 0.717) is 19.3 Å². The highest BCUT2D eigenvalue weighted by Crippen LogP contribution is 2.18. The van der Waals surface area contributed by atoms with E-state index in [4.69, 9.17) is 14.2 Å². The highest BCUT2D eigenvalue weighted by molar-refractivity contribution is 5.71. The second-order valence-corrected chi connectivity index (χ2v) is 22.4. The van der Waals surface area contributed by atoms with Crippen LogP contribution in [0.3, 0.4) is 0 Å². The number of carbonyl (C=O) groups is 3. The first-order chi connectivity index (χ1) is 35.5. The summed E-state index contributed by atoms with van der Waals surface area (Å²) in [5.41, 5.74) is 0. The summed E-state index contributed by atoms with van der Waals surface area (Å²) in [7, 11) is 0. The summed E-state index contributed by atoms with van der Waals surface area (Å²) in [6.45, 7) is 6.69. The zero-order chi connectivity index (χ0) is 52.2. The van der Waals surface area contributed by atoms with Gasteiger partial charge in [0.25, 0.3) is 0 Å². The van der Waals surface area contributed by atoms with Crippen LogP contribution < -0.4 is 0 Å². The molecule has 0 saturated carbocycles. The van der Waals surface area contributed by atoms with Crippen LogP contribution in [0, 0.1) is 0 Å². The molecule has 0 heterocycles. The molecule has 6 heteroatoms. The molecule has 0 rings (SSSR count). The van der Waals surface area contributed by atoms with E-state index in [-0.39, 0.29) is 31.1 Å². The van der Waals surface area contributed by atoms with Crippen molar-refractivity contribution in [1.82, 2.24) is 0 Å². The van der Waals surface area contributed by atoms with E-state index in [1.54, 1.807) is 0 Å². The van der Waals surface area contributed by atoms with Crippen molar-refractivity contribution in [1.29, 1.82) is 0 Å². The molecule has 0 aromatic rings. The van der Waals surface area contributed by atoms with Crippen molar-refractivity contribution in [3.8, 4) is 0 Å². The molecule has 0 spiro atoms. The van der Waals surface area contributed by atoms with E-state index < -0.39 is 6.10 Å². The number of ether oxygens (including phenoxy) is 3. The molecule has 426 valence electrons. The first-order valence-corrected chi connectivity index (χ1v) is 32.7. The molecule has 0 aliphatic rings. The van der Waals surface area contributed by atoms with Crippen LogP contribution in [0.15, 0.2) is 12.2 Å². The zero-order valence-corrected chi connectivity index (χ0v) is 49.0. The minimum atomic E-state index is -0.767. The number of allylic oxidation sites excluding steroid dienone is 2. The first kappa shape index (κ1) is 70.1. The van der Waals surface area contributed by atoms with Gasteiger partial charge in [-0.15, -0.1) is 0 Å². The fraction of sp³-hybridized carbons (Fsp3) is 0.924. The van der Waals surface area contributed by atoms with Crippen molar-refractivity contribution in [3.05, 3.63) is 12.2 Å². The first-order valence-electron chi connectivity index (χ1n) is 32.7. The van der Waals surface area contributed by atoms with Gasteiger partial charge in [0.15, 0.2) is 6.10 Å². The largest absolute Gasteiger partial charge is 0.462 e. The zero-order valence-electron chi connectivity index (χ0n) is 49.0. The molecule has 0 N–H and O–H groups in total. The lowest BCUT2D eigenvalue weighted by Gasteiger charge is -2.18. The second-order valence-electron chi connectivity index (χ2n) is 22.4. The van der Waals surface area contributed by atoms with E-state index in [9.17, 15) is 14.4 Å². The average molecular weight is 1020 g/mol. The highest BCUT2D eigenvalue weighted by atomic mass is 16.6. The van der Waals surface area contributed by atoms with Crippen LogP contribution in [-0.4, -0.2) is 37.2 Å². The predicted molar refractivity (Wildman–Crippen MR) is 312 cm³/mol. The Morgan fingerprint density at radius 3 is 0.694 bits per heavy atom. The van der Waals surface area contributed by atoms with Crippen molar-refractivity contribution >= 4 is 17.9 Å². The van der Waals surface area contributed by atoms with Crippen LogP contribution in [-0.2, 0) is 28.6 Å². The summed E-state index contributed by atoms with van der Waals surface area (Å²) in [6, 6.07) is 0. The molecule has 72 heavy (non-hydrogen) atoms. The fourth-order valence-corrected chi connectivity index (χ4v) is 10.1. The number of carbonyl (C=O) groups excluding carboxylic acids is 3. The molecule has 0 amide bonds. The van der Waals surface area contributed by atoms with Gasteiger partial charge in [0.2, 0.25) is 0 Å². The van der Waals surface area contributed by atoms with Gasteiger partial charge < -0.3 is 14.2 Å². The molecule has 0 aromatic heterocycles. The summed E-state index contributed by atoms with van der Waals surface area (Å²) >= 11 is 0. The lowest BCUT2D eigenvalue weighted by Crippen LogP contribution is -2.30. The topological polar surface area (TPSA) is 78.9 Å². The number of esters is 3. The molecule has 0 bridgehead atoms. The van der Waals surface area contributed by atoms with E-state index in [1.807, 2.05) is 0 Å². The molecule has 0 fully saturated rings. The number of rotatable bonds is 61. The minimum absolute atomic E-state index is 0.0656. The lowest BCUT2D eigenvalue weighted by atomic mass is 10.0. The third kappa shape index (κ3) is 59.0. The van der Waals surface area contributed by atoms with Gasteiger partial charge in [-0.05, 0) is 44.9 Å². The second kappa shape index (κ2) is 61.7. The number of unbranched alkanes of at least 4 members (excludes halogenated alkanes) is 48. The molecule has 6 nitrogen and oxygen atoms in total. The van der Waals surface area contributed by atoms with E-state index in [1.165, 1.54) is 276 Å². The molecule has 1 atom stereocenters. The van der Waals surface area contributed by atoms with Gasteiger partial charge in [-0.25, -0.2) is 0 Å². The van der Waals surface area contributed by atoms with Gasteiger partial charge in [-0.2, -0.15) is 0 Å². The van der Waals surface area contributed by atoms with Crippen LogP contribution in [0.4, 0.5) is 0 Å². The maximum absolute atomic E-state index is 12.9. The van der Waals surface area contributed by atoms with Crippen molar-refractivity contribution in [2.24, 2.45) is 0 Å². The highest BCUT2D eigenvalue weighted by Gasteiger charge is 2.19. The normalized spacial score (nSPS) is 12.0. The monoisotopic (exact) mass is 1010 g/mol. The Labute approximate surface area is 450 Å². The Morgan fingerprint density at radius 1 is 0.264 bits per heavy atom. The minimum Gasteiger partial charge on any atom is -0.462 e. The van der Waals surface area contributed by atoms with Crippen LogP contribution in [0.25, 0.3) is 0 Å². The van der Waals surface area contributed by atoms with Gasteiger partial charge in [-0.1, -0.05) is 322 Å². The summed E-state index contributed by atoms with van der Waals surface area (Å²) in [6.07, 6.45) is 72.4. The maximum atomic E-state index is 12.9. The van der Waals surface area contributed by atoms with Crippen LogP contribution in [0.5, 0.6) is 0 Å². The summed E-state index contributed by atoms with van der Waals surface area (Å²) in [4.78, 5) is 38.2. The summed E-state index contributed by atoms with van der Waals surface area (Å²) in [5, 5.41) is 0. The molecule has 0 radical (unpaired) electrons. The molecule has 0 aliphatic carbocycles. The average Bonchev–Trinajstić information content (AvgIpc) is 3.38. The fourth-order valence-electron chi connectivity index (χ4n) is 10.1. The SMILES string of the molecule is CCCCCCCCC/C=C\CCCCCCCCCC(=O)OC(COC(=O)CCCCCCCCCCCC)COC(=O)CCCCCCCCCCCCCCCCCCCCCCCCCCCC. The Bertz CT molecular complexity index is 1120. The molecule has 0 saturated heterocycles. The van der Waals surface area contributed by atoms with Gasteiger partial charge in [0.05, 0.1) is 0 Å². The lowest BCUT2D eigenvalue weighted by molar-refractivity contribution is -0.167. The molecule has 1 unspecified atom stereocenters. The van der Waals surface area contributed by atoms with Crippen molar-refractivity contribution < 1.29 is 28.6 Å². The van der Waals surface area contributed by atoms with E-state index in [2.05, 4.69) is 32.9 Å². The molecule has 0 aromatic carbocycles. The van der Waals surface area contributed by atoms with Crippen LogP contribution in [0.2, 0.25) is 0 Å². The van der Waals surface area contributed by atoms with E-state index >= 15 is 0 Å². The standard InChI is InChI=1S/C66H126O6/c1-4-7-10-13-16-19-22-24-26-28-30-31-32-33-34-35-36-37-39-40-42-44-47-50-53-56-59-65(68)71-62-63(61-70-64(67)58-55-52-49-46-21-18-15-12-9-6-3)72-66(69)60-57-54-51-48-45-43-41-38-29-27-25-23-20-17-14-11-8-5-2/h27,29,63H,4-26,28,30-62H2,1-3H3/b29-27-. The van der Waals surface area contributed by atoms with Gasteiger partial charge in [-0.3, -0.25) is 14.4 Å². The Kier molecular flexibility index (Phi) is 60.1. The van der Waals surface area contributed by atoms with Gasteiger partial charge in [0, 0.05) is 19.3 Å². The molecular formula is C66H126O6. The Hall–Kier alpha value is -1.85. The van der Waals surface area contributed by atoms with E-state index in [0.717, 1.165) is 57.8 Å². The van der Waals surface area contributed by atoms with Crippen LogP contribution >= 0.6 is 0 Å². The van der Waals surface area contributed by atoms with Crippen molar-refractivity contribution in [2.75, 3.05) is 13.2 Å². The van der Waals surface area contributed by atoms with Crippen molar-refractivity contribution in [2.45, 2.75) is 380 Å². The van der Waals surface area contributed by atoms with Gasteiger partial charge >= 0.3 is 17.9 Å². The number of hydrogen-bond donors (Lipinski definition) is 0. The predicted octanol–water partition coefficient (Wildman–Crippen LogP) is 22.1. The van der Waals surface area contributed by atoms with Crippen molar-refractivity contribution in [3.63, 3.8) is 0 Å². The molecule has 0 aliphatic heterocycles. The third-order valence-corrected chi connectivity index (χ3v) is 15.0. The smallest absolute Gasteiger partial charge is 0.306 e. The number of hydrogen-bond acceptors (Lipinski definition) is 6. The maximum Gasteiger partial charge on any atom is 0.306 e. The third-order valence-electron chi connectivity index (χ3n) is 15.0. The molecular weight excluding hydrogens is 889 g/mol. The quantitative estimate of drug-likeness (QED) is 0.0261. The Morgan fingerprint density at radius 2 is 0.458 bits per heavy atom. The van der Waals surface area contributed by atoms with Gasteiger partial charge in [0.1, 0.15) is 13.2 Å². The Balaban J connectivity index is 4.14. The summed E-state index contributed by atoms with van der Waals surface area (Å²) in [5.74, 6) is -0.843.